The Morgan fingerprint density at radius 1 is 1.33 bits per heavy atom. The van der Waals surface area contributed by atoms with Crippen LogP contribution in [0.15, 0.2) is 24.3 Å². The fourth-order valence-electron chi connectivity index (χ4n) is 2.75. The van der Waals surface area contributed by atoms with Gasteiger partial charge in [-0.15, -0.1) is 0 Å². The van der Waals surface area contributed by atoms with Crippen molar-refractivity contribution in [2.45, 2.75) is 37.3 Å². The summed E-state index contributed by atoms with van der Waals surface area (Å²) in [5, 5.41) is 3.40. The smallest absolute Gasteiger partial charge is 0.124 e. The lowest BCUT2D eigenvalue weighted by Crippen LogP contribution is -2.48. The summed E-state index contributed by atoms with van der Waals surface area (Å²) in [4.78, 5) is 0. The number of ether oxygens (including phenoxy) is 1. The first-order valence-corrected chi connectivity index (χ1v) is 5.78. The minimum Gasteiger partial charge on any atom is -0.487 e. The molecule has 1 saturated carbocycles. The monoisotopic (exact) mass is 203 g/mol. The first-order chi connectivity index (χ1) is 7.33. The lowest BCUT2D eigenvalue weighted by atomic mass is 9.73. The number of rotatable bonds is 1. The lowest BCUT2D eigenvalue weighted by molar-refractivity contribution is -0.0361. The molecule has 1 aliphatic heterocycles. The number of fused-ring (bicyclic) bond motifs is 1. The van der Waals surface area contributed by atoms with Gasteiger partial charge in [-0.05, 0) is 32.4 Å². The molecular weight excluding hydrogens is 186 g/mol. The molecule has 3 rings (SSSR count). The average Bonchev–Trinajstić information content (AvgIpc) is 2.25. The molecule has 0 bridgehead atoms. The maximum atomic E-state index is 6.15. The fraction of sp³-hybridized carbons (Fsp3) is 0.538. The summed E-state index contributed by atoms with van der Waals surface area (Å²) in [6, 6.07) is 8.88. The van der Waals surface area contributed by atoms with Crippen LogP contribution in [0.4, 0.5) is 0 Å². The Morgan fingerprint density at radius 3 is 2.80 bits per heavy atom. The van der Waals surface area contributed by atoms with Crippen molar-refractivity contribution in [3.8, 4) is 5.75 Å². The maximum absolute atomic E-state index is 6.15. The van der Waals surface area contributed by atoms with E-state index >= 15 is 0 Å². The number of para-hydroxylation sites is 1. The van der Waals surface area contributed by atoms with Crippen molar-refractivity contribution in [3.05, 3.63) is 29.8 Å². The van der Waals surface area contributed by atoms with Crippen LogP contribution in [0.3, 0.4) is 0 Å². The molecule has 2 aliphatic rings. The molecule has 1 N–H and O–H groups in total. The third kappa shape index (κ3) is 1.36. The van der Waals surface area contributed by atoms with Crippen LogP contribution in [-0.4, -0.2) is 12.6 Å². The molecule has 1 spiro atoms. The van der Waals surface area contributed by atoms with Gasteiger partial charge in [0.2, 0.25) is 0 Å². The highest BCUT2D eigenvalue weighted by Crippen LogP contribution is 2.48. The summed E-state index contributed by atoms with van der Waals surface area (Å²) in [5.74, 6) is 1.09. The first-order valence-electron chi connectivity index (χ1n) is 5.78. The molecule has 0 amide bonds. The Labute approximate surface area is 90.6 Å². The van der Waals surface area contributed by atoms with Gasteiger partial charge in [0.1, 0.15) is 11.4 Å². The van der Waals surface area contributed by atoms with Crippen LogP contribution in [0.25, 0.3) is 0 Å². The van der Waals surface area contributed by atoms with Crippen LogP contribution in [0.5, 0.6) is 5.75 Å². The highest BCUT2D eigenvalue weighted by molar-refractivity contribution is 5.39. The molecule has 1 unspecified atom stereocenters. The Morgan fingerprint density at radius 2 is 2.13 bits per heavy atom. The molecule has 1 atom stereocenters. The molecule has 2 heteroatoms. The fourth-order valence-corrected chi connectivity index (χ4v) is 2.75. The molecule has 0 saturated heterocycles. The van der Waals surface area contributed by atoms with E-state index in [1.54, 1.807) is 0 Å². The zero-order valence-corrected chi connectivity index (χ0v) is 9.12. The van der Waals surface area contributed by atoms with Gasteiger partial charge in [0.15, 0.2) is 0 Å². The summed E-state index contributed by atoms with van der Waals surface area (Å²) in [6.07, 6.45) is 4.89. The van der Waals surface area contributed by atoms with E-state index in [9.17, 15) is 0 Å². The third-order valence-electron chi connectivity index (χ3n) is 3.81. The number of hydrogen-bond donors (Lipinski definition) is 1. The third-order valence-corrected chi connectivity index (χ3v) is 3.81. The molecule has 2 nitrogen and oxygen atoms in total. The zero-order chi connectivity index (χ0) is 10.3. The van der Waals surface area contributed by atoms with E-state index in [-0.39, 0.29) is 5.60 Å². The van der Waals surface area contributed by atoms with Gasteiger partial charge in [-0.1, -0.05) is 18.2 Å². The van der Waals surface area contributed by atoms with Gasteiger partial charge >= 0.3 is 0 Å². The van der Waals surface area contributed by atoms with Gasteiger partial charge in [-0.25, -0.2) is 0 Å². The van der Waals surface area contributed by atoms with Crippen LogP contribution >= 0.6 is 0 Å². The second-order valence-electron chi connectivity index (χ2n) is 4.72. The van der Waals surface area contributed by atoms with Gasteiger partial charge in [0.25, 0.3) is 0 Å². The quantitative estimate of drug-likeness (QED) is 0.757. The Kier molecular flexibility index (Phi) is 1.99. The van der Waals surface area contributed by atoms with Crippen molar-refractivity contribution >= 4 is 0 Å². The molecule has 1 aromatic rings. The minimum atomic E-state index is 0.155. The highest BCUT2D eigenvalue weighted by atomic mass is 16.5. The molecule has 80 valence electrons. The Hall–Kier alpha value is -1.02. The molecule has 0 aromatic heterocycles. The van der Waals surface area contributed by atoms with Gasteiger partial charge in [-0.2, -0.15) is 0 Å². The van der Waals surface area contributed by atoms with Crippen LogP contribution < -0.4 is 10.1 Å². The number of hydrogen-bond acceptors (Lipinski definition) is 2. The minimum absolute atomic E-state index is 0.155. The second-order valence-corrected chi connectivity index (χ2v) is 4.72. The van der Waals surface area contributed by atoms with E-state index in [1.165, 1.54) is 24.8 Å². The molecular formula is C13H17NO. The van der Waals surface area contributed by atoms with Gasteiger partial charge in [0, 0.05) is 18.0 Å². The van der Waals surface area contributed by atoms with E-state index in [2.05, 4.69) is 29.6 Å². The van der Waals surface area contributed by atoms with Gasteiger partial charge in [0.05, 0.1) is 0 Å². The van der Waals surface area contributed by atoms with Crippen molar-refractivity contribution in [2.24, 2.45) is 0 Å². The predicted octanol–water partition coefficient (Wildman–Crippen LogP) is 2.65. The van der Waals surface area contributed by atoms with Gasteiger partial charge in [-0.3, -0.25) is 0 Å². The summed E-state index contributed by atoms with van der Waals surface area (Å²) in [6.45, 7) is 0. The zero-order valence-electron chi connectivity index (χ0n) is 9.12. The van der Waals surface area contributed by atoms with Crippen molar-refractivity contribution < 1.29 is 4.74 Å². The highest BCUT2D eigenvalue weighted by Gasteiger charge is 2.44. The SMILES string of the molecule is CNC1CC2(CCC2)Oc2ccccc21. The van der Waals surface area contributed by atoms with Crippen molar-refractivity contribution in [2.75, 3.05) is 7.05 Å². The van der Waals surface area contributed by atoms with E-state index < -0.39 is 0 Å². The van der Waals surface area contributed by atoms with E-state index in [0.29, 0.717) is 6.04 Å². The topological polar surface area (TPSA) is 21.3 Å². The molecule has 1 aromatic carbocycles. The maximum Gasteiger partial charge on any atom is 0.124 e. The van der Waals surface area contributed by atoms with E-state index in [4.69, 9.17) is 4.74 Å². The van der Waals surface area contributed by atoms with Crippen LogP contribution in [-0.2, 0) is 0 Å². The molecule has 1 aliphatic carbocycles. The van der Waals surface area contributed by atoms with Gasteiger partial charge < -0.3 is 10.1 Å². The Balaban J connectivity index is 1.99. The summed E-state index contributed by atoms with van der Waals surface area (Å²) >= 11 is 0. The van der Waals surface area contributed by atoms with Crippen molar-refractivity contribution in [1.29, 1.82) is 0 Å². The standard InChI is InChI=1S/C13H17NO/c1-14-11-9-13(7-4-8-13)15-12-6-3-2-5-10(11)12/h2-3,5-6,11,14H,4,7-9H2,1H3. The summed E-state index contributed by atoms with van der Waals surface area (Å²) < 4.78 is 6.15. The number of nitrogens with one attached hydrogen (secondary N) is 1. The first kappa shape index (κ1) is 9.22. The van der Waals surface area contributed by atoms with Crippen molar-refractivity contribution in [1.82, 2.24) is 5.32 Å². The lowest BCUT2D eigenvalue weighted by Gasteiger charge is -2.47. The normalized spacial score (nSPS) is 26.6. The van der Waals surface area contributed by atoms with Crippen LogP contribution in [0.2, 0.25) is 0 Å². The Bertz CT molecular complexity index is 371. The number of benzene rings is 1. The summed E-state index contributed by atoms with van der Waals surface area (Å²) in [7, 11) is 2.04. The molecule has 1 fully saturated rings. The summed E-state index contributed by atoms with van der Waals surface area (Å²) in [5.41, 5.74) is 1.47. The molecule has 0 radical (unpaired) electrons. The second kappa shape index (κ2) is 3.24. The molecule has 15 heavy (non-hydrogen) atoms. The average molecular weight is 203 g/mol. The van der Waals surface area contributed by atoms with E-state index in [0.717, 1.165) is 12.2 Å². The van der Waals surface area contributed by atoms with Crippen LogP contribution in [0.1, 0.15) is 37.3 Å². The molecule has 1 heterocycles. The van der Waals surface area contributed by atoms with E-state index in [1.807, 2.05) is 7.05 Å². The van der Waals surface area contributed by atoms with Crippen LogP contribution in [0, 0.1) is 0 Å². The predicted molar refractivity (Wildman–Crippen MR) is 60.1 cm³/mol. The van der Waals surface area contributed by atoms with Crippen molar-refractivity contribution in [3.63, 3.8) is 0 Å². The largest absolute Gasteiger partial charge is 0.487 e.